The number of rotatable bonds is 6. The fourth-order valence-electron chi connectivity index (χ4n) is 3.25. The molecule has 0 spiro atoms. The average molecular weight is 353 g/mol. The Morgan fingerprint density at radius 3 is 2.54 bits per heavy atom. The summed E-state index contributed by atoms with van der Waals surface area (Å²) in [6.07, 6.45) is -1.12. The molecule has 0 aliphatic heterocycles. The summed E-state index contributed by atoms with van der Waals surface area (Å²) in [6.45, 7) is 5.24. The van der Waals surface area contributed by atoms with Crippen LogP contribution >= 0.6 is 0 Å². The van der Waals surface area contributed by atoms with Crippen LogP contribution in [0.25, 0.3) is 21.8 Å². The number of aromatic nitrogens is 1. The molecule has 6 nitrogen and oxygen atoms in total. The third-order valence-corrected chi connectivity index (χ3v) is 4.63. The lowest BCUT2D eigenvalue weighted by Crippen LogP contribution is -2.36. The Labute approximate surface area is 151 Å². The Balaban J connectivity index is 1.78. The molecule has 1 atom stereocenters. The van der Waals surface area contributed by atoms with Gasteiger partial charge in [-0.3, -0.25) is 4.79 Å². The minimum Gasteiger partial charge on any atom is -0.465 e. The summed E-state index contributed by atoms with van der Waals surface area (Å²) < 4.78 is 2.28. The van der Waals surface area contributed by atoms with Gasteiger partial charge in [-0.05, 0) is 30.7 Å². The van der Waals surface area contributed by atoms with E-state index < -0.39 is 12.0 Å². The number of nitrogens with zero attached hydrogens (tertiary/aromatic N) is 1. The first-order valence-electron chi connectivity index (χ1n) is 8.75. The summed E-state index contributed by atoms with van der Waals surface area (Å²) in [5.41, 5.74) is 3.41. The molecule has 6 heteroatoms. The maximum Gasteiger partial charge on any atom is 0.404 e. The Hall–Kier alpha value is -3.02. The molecule has 26 heavy (non-hydrogen) atoms. The van der Waals surface area contributed by atoms with E-state index in [4.69, 9.17) is 5.11 Å². The number of hydrogen-bond donors (Lipinski definition) is 3. The average Bonchev–Trinajstić information content (AvgIpc) is 2.97. The lowest BCUT2D eigenvalue weighted by molar-refractivity contribution is -0.124. The van der Waals surface area contributed by atoms with Gasteiger partial charge in [0.25, 0.3) is 0 Å². The van der Waals surface area contributed by atoms with E-state index in [0.29, 0.717) is 6.54 Å². The number of carbonyl (C=O) groups excluding carboxylic acids is 1. The number of nitrogens with one attached hydrogen (secondary N) is 2. The Morgan fingerprint density at radius 1 is 1.08 bits per heavy atom. The lowest BCUT2D eigenvalue weighted by Gasteiger charge is -2.12. The van der Waals surface area contributed by atoms with Gasteiger partial charge in [0.15, 0.2) is 0 Å². The van der Waals surface area contributed by atoms with E-state index in [1.165, 1.54) is 21.8 Å². The maximum absolute atomic E-state index is 12.1. The minimum absolute atomic E-state index is 0.101. The van der Waals surface area contributed by atoms with Crippen molar-refractivity contribution in [1.82, 2.24) is 15.2 Å². The normalized spacial score (nSPS) is 12.2. The van der Waals surface area contributed by atoms with Crippen LogP contribution in [0, 0.1) is 5.92 Å². The summed E-state index contributed by atoms with van der Waals surface area (Å²) in [4.78, 5) is 22.6. The summed E-state index contributed by atoms with van der Waals surface area (Å²) in [7, 11) is 0. The standard InChI is InChI=1S/C20H23N3O3/c1-3-23-17-7-5-4-6-15(17)16-10-14(8-9-18(16)23)12-21-19(24)13(2)11-22-20(25)26/h4-10,13,22H,3,11-12H2,1-2H3,(H,21,24)(H,25,26). The molecule has 0 saturated heterocycles. The van der Waals surface area contributed by atoms with Crippen molar-refractivity contribution in [1.29, 1.82) is 0 Å². The Kier molecular flexibility index (Phi) is 5.11. The molecule has 0 bridgehead atoms. The lowest BCUT2D eigenvalue weighted by atomic mass is 10.1. The highest BCUT2D eigenvalue weighted by atomic mass is 16.4. The van der Waals surface area contributed by atoms with E-state index in [1.807, 2.05) is 18.2 Å². The molecule has 136 valence electrons. The van der Waals surface area contributed by atoms with Gasteiger partial charge >= 0.3 is 6.09 Å². The first kappa shape index (κ1) is 17.8. The molecule has 3 N–H and O–H groups in total. The fraction of sp³-hybridized carbons (Fsp3) is 0.300. The molecule has 2 amide bonds. The van der Waals surface area contributed by atoms with Gasteiger partial charge in [-0.2, -0.15) is 0 Å². The highest BCUT2D eigenvalue weighted by molar-refractivity contribution is 6.08. The third-order valence-electron chi connectivity index (χ3n) is 4.63. The van der Waals surface area contributed by atoms with Crippen molar-refractivity contribution in [3.8, 4) is 0 Å². The zero-order chi connectivity index (χ0) is 18.7. The van der Waals surface area contributed by atoms with Crippen molar-refractivity contribution in [2.45, 2.75) is 26.9 Å². The van der Waals surface area contributed by atoms with Crippen LogP contribution in [-0.4, -0.2) is 28.2 Å². The molecule has 1 heterocycles. The molecular weight excluding hydrogens is 330 g/mol. The molecule has 0 radical (unpaired) electrons. The van der Waals surface area contributed by atoms with Gasteiger partial charge in [-0.15, -0.1) is 0 Å². The van der Waals surface area contributed by atoms with Crippen LogP contribution in [-0.2, 0) is 17.9 Å². The summed E-state index contributed by atoms with van der Waals surface area (Å²) in [5, 5.41) is 16.1. The maximum atomic E-state index is 12.1. The second-order valence-electron chi connectivity index (χ2n) is 6.42. The van der Waals surface area contributed by atoms with E-state index in [9.17, 15) is 9.59 Å². The zero-order valence-corrected chi connectivity index (χ0v) is 15.0. The predicted molar refractivity (Wildman–Crippen MR) is 102 cm³/mol. The number of para-hydroxylation sites is 1. The highest BCUT2D eigenvalue weighted by Crippen LogP contribution is 2.29. The van der Waals surface area contributed by atoms with Gasteiger partial charge < -0.3 is 20.3 Å². The smallest absolute Gasteiger partial charge is 0.404 e. The van der Waals surface area contributed by atoms with Crippen molar-refractivity contribution < 1.29 is 14.7 Å². The van der Waals surface area contributed by atoms with E-state index in [2.05, 4.69) is 46.4 Å². The van der Waals surface area contributed by atoms with Crippen LogP contribution in [0.4, 0.5) is 4.79 Å². The number of aryl methyl sites for hydroxylation is 1. The molecule has 3 rings (SSSR count). The van der Waals surface area contributed by atoms with Crippen LogP contribution in [0.15, 0.2) is 42.5 Å². The van der Waals surface area contributed by atoms with Crippen LogP contribution < -0.4 is 10.6 Å². The van der Waals surface area contributed by atoms with Crippen LogP contribution in [0.3, 0.4) is 0 Å². The van der Waals surface area contributed by atoms with Crippen LogP contribution in [0.2, 0.25) is 0 Å². The molecule has 1 unspecified atom stereocenters. The van der Waals surface area contributed by atoms with Gasteiger partial charge in [0.05, 0.1) is 5.92 Å². The van der Waals surface area contributed by atoms with E-state index >= 15 is 0 Å². The van der Waals surface area contributed by atoms with Crippen molar-refractivity contribution in [2.24, 2.45) is 5.92 Å². The molecule has 0 aliphatic rings. The summed E-state index contributed by atoms with van der Waals surface area (Å²) >= 11 is 0. The number of carboxylic acid groups (broad SMARTS) is 1. The summed E-state index contributed by atoms with van der Waals surface area (Å²) in [6, 6.07) is 14.5. The van der Waals surface area contributed by atoms with Gasteiger partial charge in [-0.25, -0.2) is 4.79 Å². The van der Waals surface area contributed by atoms with E-state index in [1.54, 1.807) is 6.92 Å². The number of carbonyl (C=O) groups is 2. The third kappa shape index (κ3) is 3.49. The zero-order valence-electron chi connectivity index (χ0n) is 15.0. The number of amides is 2. The van der Waals surface area contributed by atoms with Crippen molar-refractivity contribution in [2.75, 3.05) is 6.54 Å². The largest absolute Gasteiger partial charge is 0.465 e. The van der Waals surface area contributed by atoms with Crippen molar-refractivity contribution >= 4 is 33.8 Å². The van der Waals surface area contributed by atoms with Gasteiger partial charge in [0.2, 0.25) is 5.91 Å². The van der Waals surface area contributed by atoms with E-state index in [0.717, 1.165) is 12.1 Å². The molecule has 2 aromatic carbocycles. The quantitative estimate of drug-likeness (QED) is 0.635. The Morgan fingerprint density at radius 2 is 1.81 bits per heavy atom. The molecule has 0 fully saturated rings. The predicted octanol–water partition coefficient (Wildman–Crippen LogP) is 3.33. The highest BCUT2D eigenvalue weighted by Gasteiger charge is 2.14. The molecule has 0 saturated carbocycles. The van der Waals surface area contributed by atoms with Crippen LogP contribution in [0.5, 0.6) is 0 Å². The fourth-order valence-corrected chi connectivity index (χ4v) is 3.25. The Bertz CT molecular complexity index is 961. The van der Waals surface area contributed by atoms with Crippen LogP contribution in [0.1, 0.15) is 19.4 Å². The number of fused-ring (bicyclic) bond motifs is 3. The SMILES string of the molecule is CCn1c2ccccc2c2cc(CNC(=O)C(C)CNC(=O)O)ccc21. The van der Waals surface area contributed by atoms with Gasteiger partial charge in [-0.1, -0.05) is 31.2 Å². The second-order valence-corrected chi connectivity index (χ2v) is 6.42. The monoisotopic (exact) mass is 353 g/mol. The van der Waals surface area contributed by atoms with Crippen molar-refractivity contribution in [3.63, 3.8) is 0 Å². The van der Waals surface area contributed by atoms with Gasteiger partial charge in [0.1, 0.15) is 0 Å². The molecular formula is C20H23N3O3. The molecule has 1 aromatic heterocycles. The number of hydrogen-bond acceptors (Lipinski definition) is 2. The second kappa shape index (κ2) is 7.47. The summed E-state index contributed by atoms with van der Waals surface area (Å²) in [5.74, 6) is -0.591. The first-order valence-corrected chi connectivity index (χ1v) is 8.75. The number of benzene rings is 2. The molecule has 3 aromatic rings. The first-order chi connectivity index (χ1) is 12.5. The van der Waals surface area contributed by atoms with Gasteiger partial charge in [0, 0.05) is 41.4 Å². The van der Waals surface area contributed by atoms with E-state index in [-0.39, 0.29) is 12.5 Å². The topological polar surface area (TPSA) is 83.4 Å². The van der Waals surface area contributed by atoms with Crippen molar-refractivity contribution in [3.05, 3.63) is 48.0 Å². The minimum atomic E-state index is -1.12. The molecule has 0 aliphatic carbocycles.